The number of benzene rings is 8. The standard InChI is InChI=1S/C40H25NO/c1-2-12-29-26(10-1)11-9-18-38(29)41(28-21-23-40-37(25-28)35-17-7-8-19-39(35)42-40)27-20-22-34-32-15-4-3-13-30(32)31-14-5-6-16-33(31)36(34)24-27/h1-25H. The smallest absolute Gasteiger partial charge is 0.135 e. The van der Waals surface area contributed by atoms with E-state index in [9.17, 15) is 0 Å². The van der Waals surface area contributed by atoms with Crippen molar-refractivity contribution >= 4 is 82.1 Å². The minimum Gasteiger partial charge on any atom is -0.456 e. The largest absolute Gasteiger partial charge is 0.456 e. The number of para-hydroxylation sites is 1. The minimum absolute atomic E-state index is 0.897. The van der Waals surface area contributed by atoms with E-state index in [0.717, 1.165) is 39.0 Å². The fourth-order valence-corrected chi connectivity index (χ4v) is 6.72. The number of anilines is 3. The van der Waals surface area contributed by atoms with Crippen LogP contribution in [0.5, 0.6) is 0 Å². The van der Waals surface area contributed by atoms with Gasteiger partial charge in [-0.05, 0) is 80.2 Å². The van der Waals surface area contributed by atoms with Crippen LogP contribution in [0.25, 0.3) is 65.0 Å². The molecule has 0 amide bonds. The Balaban J connectivity index is 1.37. The number of hydrogen-bond acceptors (Lipinski definition) is 2. The Labute approximate surface area is 242 Å². The molecule has 0 radical (unpaired) electrons. The van der Waals surface area contributed by atoms with Crippen molar-refractivity contribution in [3.63, 3.8) is 0 Å². The van der Waals surface area contributed by atoms with Crippen molar-refractivity contribution < 1.29 is 4.42 Å². The minimum atomic E-state index is 0.897. The molecule has 0 aliphatic heterocycles. The molecule has 2 nitrogen and oxygen atoms in total. The molecule has 1 aromatic heterocycles. The van der Waals surface area contributed by atoms with Crippen LogP contribution < -0.4 is 4.90 Å². The van der Waals surface area contributed by atoms with E-state index in [1.807, 2.05) is 12.1 Å². The summed E-state index contributed by atoms with van der Waals surface area (Å²) < 4.78 is 6.20. The predicted octanol–water partition coefficient (Wildman–Crippen LogP) is 11.7. The van der Waals surface area contributed by atoms with Gasteiger partial charge in [-0.3, -0.25) is 0 Å². The first kappa shape index (κ1) is 23.1. The van der Waals surface area contributed by atoms with Crippen LogP contribution >= 0.6 is 0 Å². The quantitative estimate of drug-likeness (QED) is 0.209. The molecule has 0 atom stereocenters. The summed E-state index contributed by atoms with van der Waals surface area (Å²) in [6.07, 6.45) is 0. The zero-order valence-electron chi connectivity index (χ0n) is 22.8. The van der Waals surface area contributed by atoms with Gasteiger partial charge in [0.05, 0.1) is 5.69 Å². The van der Waals surface area contributed by atoms with E-state index in [-0.39, 0.29) is 0 Å². The number of rotatable bonds is 3. The van der Waals surface area contributed by atoms with Crippen molar-refractivity contribution in [2.45, 2.75) is 0 Å². The SMILES string of the molecule is c1ccc2c(N(c3ccc4oc5ccccc5c4c3)c3ccc4c5ccccc5c5ccccc5c4c3)cccc2c1. The van der Waals surface area contributed by atoms with Crippen LogP contribution in [0.15, 0.2) is 156 Å². The third-order valence-corrected chi connectivity index (χ3v) is 8.61. The van der Waals surface area contributed by atoms with Gasteiger partial charge in [0.15, 0.2) is 0 Å². The monoisotopic (exact) mass is 535 g/mol. The topological polar surface area (TPSA) is 16.4 Å². The second kappa shape index (κ2) is 8.95. The van der Waals surface area contributed by atoms with Crippen LogP contribution in [0.4, 0.5) is 17.1 Å². The van der Waals surface area contributed by atoms with Gasteiger partial charge in [0.1, 0.15) is 11.2 Å². The highest BCUT2D eigenvalue weighted by atomic mass is 16.3. The maximum atomic E-state index is 6.20. The normalized spacial score (nSPS) is 11.8. The van der Waals surface area contributed by atoms with Crippen molar-refractivity contribution in [2.24, 2.45) is 0 Å². The number of hydrogen-bond donors (Lipinski definition) is 0. The average molecular weight is 536 g/mol. The van der Waals surface area contributed by atoms with E-state index >= 15 is 0 Å². The highest BCUT2D eigenvalue weighted by Gasteiger charge is 2.19. The van der Waals surface area contributed by atoms with Gasteiger partial charge in [-0.15, -0.1) is 0 Å². The van der Waals surface area contributed by atoms with Crippen molar-refractivity contribution in [1.82, 2.24) is 0 Å². The summed E-state index contributed by atoms with van der Waals surface area (Å²) in [5.41, 5.74) is 5.16. The molecule has 0 aliphatic carbocycles. The van der Waals surface area contributed by atoms with E-state index in [2.05, 4.69) is 144 Å². The lowest BCUT2D eigenvalue weighted by molar-refractivity contribution is 0.669. The van der Waals surface area contributed by atoms with Crippen molar-refractivity contribution in [2.75, 3.05) is 4.90 Å². The van der Waals surface area contributed by atoms with Gasteiger partial charge in [-0.25, -0.2) is 0 Å². The van der Waals surface area contributed by atoms with Gasteiger partial charge >= 0.3 is 0 Å². The molecule has 8 aromatic carbocycles. The van der Waals surface area contributed by atoms with E-state index < -0.39 is 0 Å². The lowest BCUT2D eigenvalue weighted by atomic mass is 9.94. The van der Waals surface area contributed by atoms with Gasteiger partial charge in [-0.1, -0.05) is 109 Å². The summed E-state index contributed by atoms with van der Waals surface area (Å²) >= 11 is 0. The van der Waals surface area contributed by atoms with Crippen LogP contribution in [0.1, 0.15) is 0 Å². The molecular weight excluding hydrogens is 510 g/mol. The van der Waals surface area contributed by atoms with Gasteiger partial charge in [0, 0.05) is 27.5 Å². The highest BCUT2D eigenvalue weighted by molar-refractivity contribution is 6.26. The lowest BCUT2D eigenvalue weighted by Crippen LogP contribution is -2.10. The van der Waals surface area contributed by atoms with Crippen molar-refractivity contribution in [3.8, 4) is 0 Å². The molecule has 0 aliphatic rings. The molecule has 0 saturated heterocycles. The number of furan rings is 1. The summed E-state index contributed by atoms with van der Waals surface area (Å²) in [7, 11) is 0. The molecule has 0 N–H and O–H groups in total. The maximum Gasteiger partial charge on any atom is 0.135 e. The maximum absolute atomic E-state index is 6.20. The van der Waals surface area contributed by atoms with Crippen LogP contribution in [0.2, 0.25) is 0 Å². The Morgan fingerprint density at radius 1 is 0.333 bits per heavy atom. The highest BCUT2D eigenvalue weighted by Crippen LogP contribution is 2.44. The third-order valence-electron chi connectivity index (χ3n) is 8.61. The molecular formula is C40H25NO. The molecule has 1 heterocycles. The molecule has 0 fully saturated rings. The predicted molar refractivity (Wildman–Crippen MR) is 178 cm³/mol. The molecule has 9 rings (SSSR count). The summed E-state index contributed by atoms with van der Waals surface area (Å²) in [4.78, 5) is 2.40. The van der Waals surface area contributed by atoms with Crippen molar-refractivity contribution in [1.29, 1.82) is 0 Å². The zero-order valence-corrected chi connectivity index (χ0v) is 22.8. The molecule has 0 unspecified atom stereocenters. The van der Waals surface area contributed by atoms with E-state index in [0.29, 0.717) is 0 Å². The third kappa shape index (κ3) is 3.39. The summed E-state index contributed by atoms with van der Waals surface area (Å²) in [6.45, 7) is 0. The fourth-order valence-electron chi connectivity index (χ4n) is 6.72. The zero-order chi connectivity index (χ0) is 27.6. The Morgan fingerprint density at radius 3 is 1.57 bits per heavy atom. The average Bonchev–Trinajstić information content (AvgIpc) is 3.43. The van der Waals surface area contributed by atoms with E-state index in [1.165, 1.54) is 43.1 Å². The summed E-state index contributed by atoms with van der Waals surface area (Å²) in [5.74, 6) is 0. The summed E-state index contributed by atoms with van der Waals surface area (Å²) in [6, 6.07) is 54.5. The van der Waals surface area contributed by atoms with E-state index in [4.69, 9.17) is 4.42 Å². The Kier molecular flexibility index (Phi) is 4.93. The fraction of sp³-hybridized carbons (Fsp3) is 0. The number of nitrogens with zero attached hydrogens (tertiary/aromatic N) is 1. The van der Waals surface area contributed by atoms with Crippen LogP contribution in [-0.2, 0) is 0 Å². The lowest BCUT2D eigenvalue weighted by Gasteiger charge is -2.27. The first-order valence-corrected chi connectivity index (χ1v) is 14.4. The second-order valence-electron chi connectivity index (χ2n) is 10.9. The second-order valence-corrected chi connectivity index (χ2v) is 10.9. The Hall–Kier alpha value is -5.60. The van der Waals surface area contributed by atoms with Gasteiger partial charge < -0.3 is 9.32 Å². The van der Waals surface area contributed by atoms with Crippen molar-refractivity contribution in [3.05, 3.63) is 152 Å². The van der Waals surface area contributed by atoms with Crippen LogP contribution in [0.3, 0.4) is 0 Å². The Morgan fingerprint density at radius 2 is 0.833 bits per heavy atom. The first-order valence-electron chi connectivity index (χ1n) is 14.4. The van der Waals surface area contributed by atoms with E-state index in [1.54, 1.807) is 0 Å². The first-order chi connectivity index (χ1) is 20.8. The van der Waals surface area contributed by atoms with Gasteiger partial charge in [0.25, 0.3) is 0 Å². The number of fused-ring (bicyclic) bond motifs is 10. The molecule has 196 valence electrons. The molecule has 0 spiro atoms. The molecule has 42 heavy (non-hydrogen) atoms. The van der Waals surface area contributed by atoms with Crippen LogP contribution in [-0.4, -0.2) is 0 Å². The molecule has 9 aromatic rings. The van der Waals surface area contributed by atoms with Crippen LogP contribution in [0, 0.1) is 0 Å². The molecule has 0 saturated carbocycles. The molecule has 0 bridgehead atoms. The summed E-state index contributed by atoms with van der Waals surface area (Å²) in [5, 5.41) is 12.3. The molecule has 2 heteroatoms. The van der Waals surface area contributed by atoms with Gasteiger partial charge in [0.2, 0.25) is 0 Å². The Bertz CT molecular complexity index is 2450. The van der Waals surface area contributed by atoms with Gasteiger partial charge in [-0.2, -0.15) is 0 Å².